The van der Waals surface area contributed by atoms with Gasteiger partial charge in [-0.15, -0.1) is 0 Å². The van der Waals surface area contributed by atoms with Crippen LogP contribution in [0.25, 0.3) is 0 Å². The zero-order valence-electron chi connectivity index (χ0n) is 8.86. The van der Waals surface area contributed by atoms with Gasteiger partial charge in [0.25, 0.3) is 0 Å². The van der Waals surface area contributed by atoms with Gasteiger partial charge in [-0.25, -0.2) is 0 Å². The normalized spacial score (nSPS) is 17.1. The number of rotatable bonds is 5. The molecule has 1 atom stereocenters. The smallest absolute Gasteiger partial charge is 0.304 e. The summed E-state index contributed by atoms with van der Waals surface area (Å²) < 4.78 is 0. The Labute approximate surface area is 97.1 Å². The van der Waals surface area contributed by atoms with Crippen molar-refractivity contribution in [2.45, 2.75) is 31.8 Å². The fourth-order valence-corrected chi connectivity index (χ4v) is 2.15. The number of aromatic amines is 1. The van der Waals surface area contributed by atoms with Crippen molar-refractivity contribution in [3.8, 4) is 0 Å². The zero-order valence-corrected chi connectivity index (χ0v) is 9.68. The molecule has 0 aromatic carbocycles. The molecule has 1 aliphatic rings. The molecular formula is C10H15N3O2S. The zero-order chi connectivity index (χ0) is 11.5. The van der Waals surface area contributed by atoms with E-state index in [0.29, 0.717) is 18.9 Å². The van der Waals surface area contributed by atoms with Crippen molar-refractivity contribution in [3.05, 3.63) is 20.7 Å². The third-order valence-electron chi connectivity index (χ3n) is 2.70. The number of amides is 1. The largest absolute Gasteiger partial charge is 0.350 e. The Morgan fingerprint density at radius 3 is 3.00 bits per heavy atom. The Kier molecular flexibility index (Phi) is 3.40. The Morgan fingerprint density at radius 1 is 1.69 bits per heavy atom. The van der Waals surface area contributed by atoms with Gasteiger partial charge < -0.3 is 16.0 Å². The van der Waals surface area contributed by atoms with Crippen LogP contribution in [0.5, 0.6) is 0 Å². The minimum absolute atomic E-state index is 0.0125. The molecule has 6 heteroatoms. The number of hydrogen-bond acceptors (Lipinski definition) is 4. The Hall–Kier alpha value is -1.14. The molecule has 0 aliphatic heterocycles. The molecule has 16 heavy (non-hydrogen) atoms. The van der Waals surface area contributed by atoms with E-state index in [1.807, 2.05) is 0 Å². The van der Waals surface area contributed by atoms with Gasteiger partial charge in [0.2, 0.25) is 5.91 Å². The van der Waals surface area contributed by atoms with Gasteiger partial charge in [0, 0.05) is 23.5 Å². The van der Waals surface area contributed by atoms with Crippen molar-refractivity contribution < 1.29 is 4.79 Å². The molecule has 0 saturated heterocycles. The molecule has 2 rings (SSSR count). The summed E-state index contributed by atoms with van der Waals surface area (Å²) in [4.78, 5) is 24.9. The van der Waals surface area contributed by atoms with Crippen molar-refractivity contribution in [1.82, 2.24) is 10.3 Å². The summed E-state index contributed by atoms with van der Waals surface area (Å²) in [6.07, 6.45) is 2.66. The Bertz CT molecular complexity index is 422. The van der Waals surface area contributed by atoms with Gasteiger partial charge in [-0.2, -0.15) is 0 Å². The summed E-state index contributed by atoms with van der Waals surface area (Å²) in [5, 5.41) is 4.46. The van der Waals surface area contributed by atoms with E-state index in [0.717, 1.165) is 29.9 Å². The number of H-pyrrole nitrogens is 1. The number of carbonyl (C=O) groups is 1. The van der Waals surface area contributed by atoms with Gasteiger partial charge in [0.05, 0.1) is 6.54 Å². The van der Waals surface area contributed by atoms with Gasteiger partial charge in [0.15, 0.2) is 0 Å². The molecule has 0 spiro atoms. The van der Waals surface area contributed by atoms with E-state index in [2.05, 4.69) is 10.3 Å². The molecular weight excluding hydrogens is 226 g/mol. The first-order chi connectivity index (χ1) is 7.65. The summed E-state index contributed by atoms with van der Waals surface area (Å²) in [6.45, 7) is 0.370. The highest BCUT2D eigenvalue weighted by Gasteiger charge is 2.29. The molecule has 1 amide bonds. The quantitative estimate of drug-likeness (QED) is 0.687. The SMILES string of the molecule is NC(CC(=O)NCc1csc(=O)[nH]1)C1CC1. The summed E-state index contributed by atoms with van der Waals surface area (Å²) in [5.74, 6) is 0.484. The van der Waals surface area contributed by atoms with Gasteiger partial charge in [-0.3, -0.25) is 9.59 Å². The molecule has 4 N–H and O–H groups in total. The maximum Gasteiger partial charge on any atom is 0.304 e. The standard InChI is InChI=1S/C10H15N3O2S/c11-8(6-1-2-6)3-9(14)12-4-7-5-16-10(15)13-7/h5-6,8H,1-4,11H2,(H,12,14)(H,13,15). The highest BCUT2D eigenvalue weighted by atomic mass is 32.1. The number of nitrogens with two attached hydrogens (primary N) is 1. The van der Waals surface area contributed by atoms with E-state index < -0.39 is 0 Å². The predicted molar refractivity (Wildman–Crippen MR) is 62.1 cm³/mol. The lowest BCUT2D eigenvalue weighted by Gasteiger charge is -2.09. The number of nitrogens with one attached hydrogen (secondary N) is 2. The second-order valence-electron chi connectivity index (χ2n) is 4.16. The molecule has 1 aromatic rings. The van der Waals surface area contributed by atoms with Crippen LogP contribution >= 0.6 is 11.3 Å². The second kappa shape index (κ2) is 4.80. The lowest BCUT2D eigenvalue weighted by Crippen LogP contribution is -2.32. The molecule has 1 aliphatic carbocycles. The highest BCUT2D eigenvalue weighted by Crippen LogP contribution is 2.32. The van der Waals surface area contributed by atoms with Crippen LogP contribution < -0.4 is 15.9 Å². The van der Waals surface area contributed by atoms with Gasteiger partial charge >= 0.3 is 4.87 Å². The maximum atomic E-state index is 11.5. The third kappa shape index (κ3) is 3.18. The predicted octanol–water partition coefficient (Wildman–Crippen LogP) is 0.180. The fourth-order valence-electron chi connectivity index (χ4n) is 1.57. The van der Waals surface area contributed by atoms with Crippen molar-refractivity contribution >= 4 is 17.2 Å². The van der Waals surface area contributed by atoms with Crippen LogP contribution in [0.15, 0.2) is 10.2 Å². The molecule has 1 fully saturated rings. The summed E-state index contributed by atoms with van der Waals surface area (Å²) in [6, 6.07) is -0.0125. The summed E-state index contributed by atoms with van der Waals surface area (Å²) in [5.41, 5.74) is 6.58. The van der Waals surface area contributed by atoms with E-state index in [1.54, 1.807) is 5.38 Å². The van der Waals surface area contributed by atoms with E-state index >= 15 is 0 Å². The molecule has 1 heterocycles. The van der Waals surface area contributed by atoms with E-state index in [1.165, 1.54) is 0 Å². The third-order valence-corrected chi connectivity index (χ3v) is 3.41. The van der Waals surface area contributed by atoms with Crippen molar-refractivity contribution in [2.24, 2.45) is 11.7 Å². The second-order valence-corrected chi connectivity index (χ2v) is 5.00. The Balaban J connectivity index is 1.72. The summed E-state index contributed by atoms with van der Waals surface area (Å²) >= 11 is 1.10. The van der Waals surface area contributed by atoms with Crippen LogP contribution in [-0.2, 0) is 11.3 Å². The number of aromatic nitrogens is 1. The fraction of sp³-hybridized carbons (Fsp3) is 0.600. The number of thiazole rings is 1. The van der Waals surface area contributed by atoms with Crippen LogP contribution in [0.4, 0.5) is 0 Å². The van der Waals surface area contributed by atoms with Crippen LogP contribution in [0.2, 0.25) is 0 Å². The average Bonchev–Trinajstić information content (AvgIpc) is 3.00. The van der Waals surface area contributed by atoms with Crippen molar-refractivity contribution in [3.63, 3.8) is 0 Å². The van der Waals surface area contributed by atoms with Gasteiger partial charge in [0.1, 0.15) is 0 Å². The van der Waals surface area contributed by atoms with Crippen molar-refractivity contribution in [2.75, 3.05) is 0 Å². The van der Waals surface area contributed by atoms with E-state index in [-0.39, 0.29) is 16.8 Å². The maximum absolute atomic E-state index is 11.5. The van der Waals surface area contributed by atoms with Crippen molar-refractivity contribution in [1.29, 1.82) is 0 Å². The first-order valence-electron chi connectivity index (χ1n) is 5.34. The van der Waals surface area contributed by atoms with Crippen LogP contribution in [0.1, 0.15) is 25.0 Å². The minimum atomic E-state index is -0.0982. The lowest BCUT2D eigenvalue weighted by molar-refractivity contribution is -0.121. The summed E-state index contributed by atoms with van der Waals surface area (Å²) in [7, 11) is 0. The monoisotopic (exact) mass is 241 g/mol. The Morgan fingerprint density at radius 2 is 2.44 bits per heavy atom. The number of hydrogen-bond donors (Lipinski definition) is 3. The van der Waals surface area contributed by atoms with Crippen LogP contribution in [0.3, 0.4) is 0 Å². The molecule has 1 unspecified atom stereocenters. The van der Waals surface area contributed by atoms with Gasteiger partial charge in [-0.05, 0) is 18.8 Å². The first-order valence-corrected chi connectivity index (χ1v) is 6.22. The number of carbonyl (C=O) groups excluding carboxylic acids is 1. The molecule has 0 radical (unpaired) electrons. The van der Waals surface area contributed by atoms with E-state index in [9.17, 15) is 9.59 Å². The van der Waals surface area contributed by atoms with Crippen LogP contribution in [0, 0.1) is 5.92 Å². The minimum Gasteiger partial charge on any atom is -0.350 e. The molecule has 5 nitrogen and oxygen atoms in total. The molecule has 1 aromatic heterocycles. The van der Waals surface area contributed by atoms with Crippen LogP contribution in [-0.4, -0.2) is 16.9 Å². The molecule has 0 bridgehead atoms. The molecule has 88 valence electrons. The first kappa shape index (κ1) is 11.3. The molecule has 1 saturated carbocycles. The van der Waals surface area contributed by atoms with E-state index in [4.69, 9.17) is 5.73 Å². The lowest BCUT2D eigenvalue weighted by atomic mass is 10.1. The topological polar surface area (TPSA) is 88.0 Å². The van der Waals surface area contributed by atoms with Gasteiger partial charge in [-0.1, -0.05) is 11.3 Å². The highest BCUT2D eigenvalue weighted by molar-refractivity contribution is 7.07. The average molecular weight is 241 g/mol.